The molecular weight excluding hydrogens is 502 g/mol. The maximum atomic E-state index is 14.1. The highest BCUT2D eigenvalue weighted by atomic mass is 35.5. The largest absolute Gasteiger partial charge is 0.493 e. The molecule has 2 fully saturated rings. The quantitative estimate of drug-likeness (QED) is 0.419. The number of nitrogens with zero attached hydrogens (tertiary/aromatic N) is 2. The molecule has 2 aliphatic heterocycles. The Morgan fingerprint density at radius 1 is 1.16 bits per heavy atom. The second kappa shape index (κ2) is 9.93. The average Bonchev–Trinajstić information content (AvgIpc) is 3.45. The van der Waals surface area contributed by atoms with Crippen molar-refractivity contribution in [3.8, 4) is 17.2 Å². The zero-order chi connectivity index (χ0) is 26.4. The van der Waals surface area contributed by atoms with Crippen LogP contribution in [0.5, 0.6) is 17.2 Å². The van der Waals surface area contributed by atoms with E-state index in [1.54, 1.807) is 19.2 Å². The molecule has 8 heteroatoms. The highest BCUT2D eigenvalue weighted by molar-refractivity contribution is 6.31. The molecule has 2 aromatic carbocycles. The average molecular weight is 536 g/mol. The van der Waals surface area contributed by atoms with Gasteiger partial charge in [-0.15, -0.1) is 0 Å². The molecule has 200 valence electrons. The summed E-state index contributed by atoms with van der Waals surface area (Å²) in [5, 5.41) is 5.48. The summed E-state index contributed by atoms with van der Waals surface area (Å²) in [7, 11) is 1.58. The van der Waals surface area contributed by atoms with Crippen molar-refractivity contribution in [2.24, 2.45) is 5.92 Å². The van der Waals surface area contributed by atoms with Crippen molar-refractivity contribution in [1.82, 2.24) is 15.2 Å². The second-order valence-electron chi connectivity index (χ2n) is 11.2. The molecule has 3 heterocycles. The predicted octanol–water partition coefficient (Wildman–Crippen LogP) is 5.97. The Balaban J connectivity index is 1.31. The lowest BCUT2D eigenvalue weighted by Crippen LogP contribution is -2.43. The Morgan fingerprint density at radius 2 is 2.00 bits per heavy atom. The fourth-order valence-corrected chi connectivity index (χ4v) is 6.40. The molecule has 0 unspecified atom stereocenters. The number of pyridine rings is 1. The van der Waals surface area contributed by atoms with Crippen molar-refractivity contribution < 1.29 is 19.0 Å². The molecule has 3 atom stereocenters. The number of carbonyl (C=O) groups is 1. The zero-order valence-electron chi connectivity index (χ0n) is 22.1. The van der Waals surface area contributed by atoms with Gasteiger partial charge in [0, 0.05) is 48.4 Å². The number of hydrogen-bond acceptors (Lipinski definition) is 6. The van der Waals surface area contributed by atoms with Gasteiger partial charge in [0.05, 0.1) is 24.9 Å². The molecule has 1 amide bonds. The number of amides is 1. The molecule has 1 saturated heterocycles. The minimum Gasteiger partial charge on any atom is -0.493 e. The summed E-state index contributed by atoms with van der Waals surface area (Å²) in [4.78, 5) is 20.8. The number of carbonyl (C=O) groups excluding carboxylic acids is 1. The maximum Gasteiger partial charge on any atom is 0.254 e. The standard InChI is InChI=1S/C30H34ClN3O4/c1-30(2)37-27-15-20(14-26(36-3)28(27)38-30)29(35)34(17-23-13-18-6-4-5-7-24(18)33-23)16-22-10-8-19-12-21(31)9-11-25(19)32-22/h8-12,14-15,18,23-24,33H,4-7,13,16-17H2,1-3H3/t18-,23-,24-/m0/s1. The highest BCUT2D eigenvalue weighted by Gasteiger charge is 2.38. The van der Waals surface area contributed by atoms with E-state index in [0.717, 1.165) is 23.0 Å². The van der Waals surface area contributed by atoms with Crippen molar-refractivity contribution in [1.29, 1.82) is 0 Å². The topological polar surface area (TPSA) is 72.9 Å². The Kier molecular flexibility index (Phi) is 6.60. The summed E-state index contributed by atoms with van der Waals surface area (Å²) in [5.74, 6) is 1.32. The molecule has 0 spiro atoms. The molecule has 6 rings (SSSR count). The number of hydrogen-bond donors (Lipinski definition) is 1. The van der Waals surface area contributed by atoms with E-state index in [0.29, 0.717) is 52.9 Å². The fourth-order valence-electron chi connectivity index (χ4n) is 6.22. The molecule has 1 aromatic heterocycles. The lowest BCUT2D eigenvalue weighted by atomic mass is 9.85. The van der Waals surface area contributed by atoms with Crippen molar-refractivity contribution in [3.63, 3.8) is 0 Å². The Labute approximate surface area is 228 Å². The first-order chi connectivity index (χ1) is 18.3. The number of nitrogens with one attached hydrogen (secondary N) is 1. The van der Waals surface area contributed by atoms with Gasteiger partial charge in [0.1, 0.15) is 0 Å². The van der Waals surface area contributed by atoms with Gasteiger partial charge in [-0.2, -0.15) is 0 Å². The number of fused-ring (bicyclic) bond motifs is 3. The van der Waals surface area contributed by atoms with Crippen LogP contribution in [-0.4, -0.2) is 47.3 Å². The van der Waals surface area contributed by atoms with Crippen LogP contribution in [0.4, 0.5) is 0 Å². The van der Waals surface area contributed by atoms with Gasteiger partial charge < -0.3 is 24.4 Å². The number of halogens is 1. The van der Waals surface area contributed by atoms with E-state index in [1.807, 2.05) is 49.1 Å². The van der Waals surface area contributed by atoms with Crippen LogP contribution in [0.1, 0.15) is 62.0 Å². The molecule has 7 nitrogen and oxygen atoms in total. The van der Waals surface area contributed by atoms with E-state index in [9.17, 15) is 4.79 Å². The Morgan fingerprint density at radius 3 is 2.82 bits per heavy atom. The Hall–Kier alpha value is -3.03. The number of rotatable bonds is 6. The fraction of sp³-hybridized carbons (Fsp3) is 0.467. The molecule has 1 saturated carbocycles. The summed E-state index contributed by atoms with van der Waals surface area (Å²) in [6.45, 7) is 4.68. The SMILES string of the molecule is COc1cc(C(=O)N(Cc2ccc3cc(Cl)ccc3n2)C[C@@H]2C[C@@H]3CCCC[C@@H]3N2)cc2c1OC(C)(C)O2. The van der Waals surface area contributed by atoms with Crippen LogP contribution in [0.2, 0.25) is 5.02 Å². The van der Waals surface area contributed by atoms with Gasteiger partial charge in [0.2, 0.25) is 11.5 Å². The van der Waals surface area contributed by atoms with E-state index in [4.69, 9.17) is 30.8 Å². The smallest absolute Gasteiger partial charge is 0.254 e. The third-order valence-corrected chi connectivity index (χ3v) is 8.16. The molecule has 3 aromatic rings. The van der Waals surface area contributed by atoms with Crippen LogP contribution < -0.4 is 19.5 Å². The summed E-state index contributed by atoms with van der Waals surface area (Å²) in [5.41, 5.74) is 2.19. The highest BCUT2D eigenvalue weighted by Crippen LogP contribution is 2.47. The van der Waals surface area contributed by atoms with E-state index in [-0.39, 0.29) is 11.9 Å². The van der Waals surface area contributed by atoms with Crippen LogP contribution in [0.3, 0.4) is 0 Å². The molecule has 3 aliphatic rings. The van der Waals surface area contributed by atoms with Crippen LogP contribution in [-0.2, 0) is 6.54 Å². The van der Waals surface area contributed by atoms with Crippen molar-refractivity contribution in [2.75, 3.05) is 13.7 Å². The van der Waals surface area contributed by atoms with Crippen LogP contribution >= 0.6 is 11.6 Å². The number of benzene rings is 2. The first-order valence-corrected chi connectivity index (χ1v) is 13.9. The van der Waals surface area contributed by atoms with Gasteiger partial charge in [-0.1, -0.05) is 30.5 Å². The van der Waals surface area contributed by atoms with Crippen LogP contribution in [0.15, 0.2) is 42.5 Å². The van der Waals surface area contributed by atoms with Gasteiger partial charge in [0.25, 0.3) is 5.91 Å². The van der Waals surface area contributed by atoms with E-state index in [1.165, 1.54) is 25.7 Å². The molecule has 0 radical (unpaired) electrons. The van der Waals surface area contributed by atoms with E-state index in [2.05, 4.69) is 5.32 Å². The number of ether oxygens (including phenoxy) is 3. The molecular formula is C30H34ClN3O4. The summed E-state index contributed by atoms with van der Waals surface area (Å²) in [6.07, 6.45) is 6.17. The molecule has 38 heavy (non-hydrogen) atoms. The summed E-state index contributed by atoms with van der Waals surface area (Å²) < 4.78 is 17.5. The molecule has 1 N–H and O–H groups in total. The molecule has 1 aliphatic carbocycles. The van der Waals surface area contributed by atoms with Gasteiger partial charge in [0.15, 0.2) is 11.5 Å². The number of aromatic nitrogens is 1. The lowest BCUT2D eigenvalue weighted by Gasteiger charge is -2.27. The first-order valence-electron chi connectivity index (χ1n) is 13.5. The minimum absolute atomic E-state index is 0.0888. The van der Waals surface area contributed by atoms with E-state index >= 15 is 0 Å². The molecule has 0 bridgehead atoms. The maximum absolute atomic E-state index is 14.1. The van der Waals surface area contributed by atoms with E-state index < -0.39 is 5.79 Å². The lowest BCUT2D eigenvalue weighted by molar-refractivity contribution is -0.0439. The van der Waals surface area contributed by atoms with Crippen molar-refractivity contribution >= 4 is 28.4 Å². The summed E-state index contributed by atoms with van der Waals surface area (Å²) in [6, 6.07) is 14.0. The van der Waals surface area contributed by atoms with Crippen molar-refractivity contribution in [2.45, 2.75) is 70.4 Å². The van der Waals surface area contributed by atoms with Gasteiger partial charge in [-0.25, -0.2) is 0 Å². The Bertz CT molecular complexity index is 1360. The predicted molar refractivity (Wildman–Crippen MR) is 147 cm³/mol. The summed E-state index contributed by atoms with van der Waals surface area (Å²) >= 11 is 6.16. The zero-order valence-corrected chi connectivity index (χ0v) is 22.9. The van der Waals surface area contributed by atoms with Crippen LogP contribution in [0.25, 0.3) is 10.9 Å². The first kappa shape index (κ1) is 25.3. The number of methoxy groups -OCH3 is 1. The van der Waals surface area contributed by atoms with Crippen LogP contribution in [0, 0.1) is 5.92 Å². The second-order valence-corrected chi connectivity index (χ2v) is 11.6. The van der Waals surface area contributed by atoms with Gasteiger partial charge in [-0.3, -0.25) is 9.78 Å². The van der Waals surface area contributed by atoms with Gasteiger partial charge in [-0.05, 0) is 61.6 Å². The monoisotopic (exact) mass is 535 g/mol. The third kappa shape index (κ3) is 5.02. The minimum atomic E-state index is -0.820. The normalized spacial score (nSPS) is 23.3. The third-order valence-electron chi connectivity index (χ3n) is 7.93. The van der Waals surface area contributed by atoms with Gasteiger partial charge >= 0.3 is 0 Å². The van der Waals surface area contributed by atoms with Crippen molar-refractivity contribution in [3.05, 3.63) is 58.7 Å².